The number of aliphatic hydroxyl groups excluding tert-OH is 1. The molecule has 122 valence electrons. The fraction of sp³-hybridized carbons (Fsp3) is 0.125. The number of nitrogens with zero attached hydrogens (tertiary/aromatic N) is 2. The van der Waals surface area contributed by atoms with Crippen LogP contribution in [0, 0.1) is 15.9 Å². The lowest BCUT2D eigenvalue weighted by molar-refractivity contribution is -0.385. The van der Waals surface area contributed by atoms with Gasteiger partial charge in [0, 0.05) is 19.1 Å². The number of nitro groups is 1. The van der Waals surface area contributed by atoms with Crippen LogP contribution >= 0.6 is 0 Å². The average molecular weight is 330 g/mol. The number of rotatable bonds is 4. The summed E-state index contributed by atoms with van der Waals surface area (Å²) in [6.45, 7) is -0.511. The SMILES string of the molecule is O=C1c2ccccc2C(=O)N1c1ccc([N+](=O)[O-])c(CCO)c1F. The summed E-state index contributed by atoms with van der Waals surface area (Å²) in [5.74, 6) is -2.45. The minimum absolute atomic E-state index is 0.143. The zero-order chi connectivity index (χ0) is 17.4. The largest absolute Gasteiger partial charge is 0.396 e. The molecule has 1 aliphatic heterocycles. The molecule has 0 saturated heterocycles. The monoisotopic (exact) mass is 330 g/mol. The van der Waals surface area contributed by atoms with Crippen molar-refractivity contribution < 1.29 is 24.0 Å². The number of hydrogen-bond acceptors (Lipinski definition) is 5. The van der Waals surface area contributed by atoms with E-state index in [2.05, 4.69) is 0 Å². The van der Waals surface area contributed by atoms with E-state index in [4.69, 9.17) is 5.11 Å². The maximum Gasteiger partial charge on any atom is 0.275 e. The van der Waals surface area contributed by atoms with E-state index < -0.39 is 34.8 Å². The van der Waals surface area contributed by atoms with Gasteiger partial charge in [0.15, 0.2) is 5.82 Å². The van der Waals surface area contributed by atoms with Crippen LogP contribution in [-0.4, -0.2) is 28.5 Å². The summed E-state index contributed by atoms with van der Waals surface area (Å²) >= 11 is 0. The number of imide groups is 1. The van der Waals surface area contributed by atoms with Crippen LogP contribution in [0.3, 0.4) is 0 Å². The molecule has 1 heterocycles. The fourth-order valence-electron chi connectivity index (χ4n) is 2.70. The molecular formula is C16H11FN2O5. The molecule has 0 saturated carbocycles. The smallest absolute Gasteiger partial charge is 0.275 e. The van der Waals surface area contributed by atoms with E-state index in [0.29, 0.717) is 4.90 Å². The number of fused-ring (bicyclic) bond motifs is 1. The molecule has 0 aliphatic carbocycles. The van der Waals surface area contributed by atoms with E-state index in [1.807, 2.05) is 0 Å². The van der Waals surface area contributed by atoms with E-state index in [1.165, 1.54) is 12.1 Å². The molecule has 0 radical (unpaired) electrons. The maximum absolute atomic E-state index is 14.7. The minimum atomic E-state index is -1.06. The van der Waals surface area contributed by atoms with E-state index >= 15 is 0 Å². The van der Waals surface area contributed by atoms with E-state index in [9.17, 15) is 24.1 Å². The van der Waals surface area contributed by atoms with Crippen molar-refractivity contribution in [2.75, 3.05) is 11.5 Å². The second-order valence-corrected chi connectivity index (χ2v) is 5.12. The summed E-state index contributed by atoms with van der Waals surface area (Å²) in [6, 6.07) is 8.11. The van der Waals surface area contributed by atoms with E-state index in [1.54, 1.807) is 12.1 Å². The Morgan fingerprint density at radius 3 is 2.17 bits per heavy atom. The normalized spacial score (nSPS) is 13.3. The van der Waals surface area contributed by atoms with Gasteiger partial charge in [-0.25, -0.2) is 9.29 Å². The van der Waals surface area contributed by atoms with Crippen molar-refractivity contribution in [1.29, 1.82) is 0 Å². The lowest BCUT2D eigenvalue weighted by Crippen LogP contribution is -2.30. The van der Waals surface area contributed by atoms with Crippen molar-refractivity contribution in [2.24, 2.45) is 0 Å². The Hall–Kier alpha value is -3.13. The molecule has 2 aromatic rings. The Balaban J connectivity index is 2.15. The highest BCUT2D eigenvalue weighted by molar-refractivity contribution is 6.34. The van der Waals surface area contributed by atoms with Crippen LogP contribution in [0.5, 0.6) is 0 Å². The van der Waals surface area contributed by atoms with Crippen molar-refractivity contribution in [3.05, 3.63) is 69.0 Å². The van der Waals surface area contributed by atoms with Crippen LogP contribution < -0.4 is 4.90 Å². The number of aliphatic hydroxyl groups is 1. The Labute approximate surface area is 135 Å². The third-order valence-electron chi connectivity index (χ3n) is 3.79. The molecule has 0 aromatic heterocycles. The highest BCUT2D eigenvalue weighted by Gasteiger charge is 2.38. The number of anilines is 1. The van der Waals surface area contributed by atoms with Gasteiger partial charge >= 0.3 is 0 Å². The summed E-state index contributed by atoms with van der Waals surface area (Å²) in [6.07, 6.45) is -0.306. The molecule has 0 spiro atoms. The third kappa shape index (κ3) is 2.24. The van der Waals surface area contributed by atoms with Gasteiger partial charge < -0.3 is 5.11 Å². The van der Waals surface area contributed by atoms with Crippen LogP contribution in [0.25, 0.3) is 0 Å². The summed E-state index contributed by atoms with van der Waals surface area (Å²) in [4.78, 5) is 35.7. The van der Waals surface area contributed by atoms with Gasteiger partial charge in [0.05, 0.1) is 27.3 Å². The van der Waals surface area contributed by atoms with Gasteiger partial charge in [-0.3, -0.25) is 19.7 Å². The van der Waals surface area contributed by atoms with Gasteiger partial charge in [0.1, 0.15) is 0 Å². The Morgan fingerprint density at radius 2 is 1.67 bits per heavy atom. The van der Waals surface area contributed by atoms with Gasteiger partial charge in [0.2, 0.25) is 0 Å². The first-order chi connectivity index (χ1) is 11.5. The molecule has 1 aliphatic rings. The molecule has 24 heavy (non-hydrogen) atoms. The van der Waals surface area contributed by atoms with Gasteiger partial charge in [-0.2, -0.15) is 0 Å². The number of benzene rings is 2. The molecule has 0 bridgehead atoms. The van der Waals surface area contributed by atoms with Crippen molar-refractivity contribution in [3.8, 4) is 0 Å². The summed E-state index contributed by atoms with van der Waals surface area (Å²) in [5, 5.41) is 20.0. The molecular weight excluding hydrogens is 319 g/mol. The number of carbonyl (C=O) groups is 2. The second kappa shape index (κ2) is 5.82. The Morgan fingerprint density at radius 1 is 1.08 bits per heavy atom. The first kappa shape index (κ1) is 15.8. The number of halogens is 1. The molecule has 0 fully saturated rings. The van der Waals surface area contributed by atoms with Gasteiger partial charge in [-0.15, -0.1) is 0 Å². The summed E-state index contributed by atoms with van der Waals surface area (Å²) in [5.41, 5.74) is -0.943. The molecule has 2 aromatic carbocycles. The van der Waals surface area contributed by atoms with E-state index in [0.717, 1.165) is 12.1 Å². The van der Waals surface area contributed by atoms with Crippen LogP contribution in [0.2, 0.25) is 0 Å². The number of amides is 2. The number of hydrogen-bond donors (Lipinski definition) is 1. The number of nitro benzene ring substituents is 1. The molecule has 0 unspecified atom stereocenters. The summed E-state index contributed by atoms with van der Waals surface area (Å²) < 4.78 is 14.7. The van der Waals surface area contributed by atoms with Gasteiger partial charge in [-0.05, 0) is 18.2 Å². The molecule has 7 nitrogen and oxygen atoms in total. The Bertz CT molecular complexity index is 846. The molecule has 0 atom stereocenters. The lowest BCUT2D eigenvalue weighted by Gasteiger charge is -2.16. The van der Waals surface area contributed by atoms with Crippen LogP contribution in [0.1, 0.15) is 26.3 Å². The lowest BCUT2D eigenvalue weighted by atomic mass is 10.1. The van der Waals surface area contributed by atoms with Gasteiger partial charge in [0.25, 0.3) is 17.5 Å². The first-order valence-electron chi connectivity index (χ1n) is 7.01. The van der Waals surface area contributed by atoms with Crippen molar-refractivity contribution in [3.63, 3.8) is 0 Å². The van der Waals surface area contributed by atoms with Gasteiger partial charge in [-0.1, -0.05) is 12.1 Å². The Kier molecular flexibility index (Phi) is 3.82. The van der Waals surface area contributed by atoms with Crippen molar-refractivity contribution in [2.45, 2.75) is 6.42 Å². The highest BCUT2D eigenvalue weighted by Crippen LogP contribution is 2.34. The molecule has 3 rings (SSSR count). The quantitative estimate of drug-likeness (QED) is 0.525. The molecule has 8 heteroatoms. The van der Waals surface area contributed by atoms with Crippen molar-refractivity contribution in [1.82, 2.24) is 0 Å². The second-order valence-electron chi connectivity index (χ2n) is 5.12. The minimum Gasteiger partial charge on any atom is -0.396 e. The maximum atomic E-state index is 14.7. The topological polar surface area (TPSA) is 101 Å². The molecule has 1 N–H and O–H groups in total. The van der Waals surface area contributed by atoms with Crippen LogP contribution in [0.15, 0.2) is 36.4 Å². The predicted octanol–water partition coefficient (Wildman–Crippen LogP) is 2.07. The standard InChI is InChI=1S/C16H11FN2O5/c17-14-11(7-8-20)12(19(23)24)5-6-13(14)18-15(21)9-3-1-2-4-10(9)16(18)22/h1-6,20H,7-8H2. The van der Waals surface area contributed by atoms with Crippen LogP contribution in [0.4, 0.5) is 15.8 Å². The highest BCUT2D eigenvalue weighted by atomic mass is 19.1. The predicted molar refractivity (Wildman–Crippen MR) is 81.4 cm³/mol. The zero-order valence-corrected chi connectivity index (χ0v) is 12.2. The molecule has 2 amide bonds. The number of carbonyl (C=O) groups excluding carboxylic acids is 2. The van der Waals surface area contributed by atoms with E-state index in [-0.39, 0.29) is 28.8 Å². The zero-order valence-electron chi connectivity index (χ0n) is 12.2. The average Bonchev–Trinajstić information content (AvgIpc) is 2.81. The fourth-order valence-corrected chi connectivity index (χ4v) is 2.70. The summed E-state index contributed by atoms with van der Waals surface area (Å²) in [7, 11) is 0. The van der Waals surface area contributed by atoms with Crippen LogP contribution in [-0.2, 0) is 6.42 Å². The first-order valence-corrected chi connectivity index (χ1v) is 7.01. The van der Waals surface area contributed by atoms with Crippen molar-refractivity contribution >= 4 is 23.2 Å². The third-order valence-corrected chi connectivity index (χ3v) is 3.79.